The van der Waals surface area contributed by atoms with Crippen LogP contribution in [0.2, 0.25) is 0 Å². The summed E-state index contributed by atoms with van der Waals surface area (Å²) in [6.07, 6.45) is 0. The molecule has 0 amide bonds. The van der Waals surface area contributed by atoms with Gasteiger partial charge in [-0.1, -0.05) is 81.4 Å². The molecule has 3 heteroatoms. The molecule has 194 valence electrons. The highest BCUT2D eigenvalue weighted by Gasteiger charge is 2.20. The molecule has 40 heavy (non-hydrogen) atoms. The molecular formula is C37H31N3. The zero-order chi connectivity index (χ0) is 27.2. The van der Waals surface area contributed by atoms with E-state index in [0.29, 0.717) is 0 Å². The zero-order valence-corrected chi connectivity index (χ0v) is 23.4. The van der Waals surface area contributed by atoms with E-state index < -0.39 is 0 Å². The number of imidazole rings is 1. The molecule has 0 radical (unpaired) electrons. The van der Waals surface area contributed by atoms with E-state index in [1.165, 1.54) is 54.5 Å². The standard InChI is InChI=1S/C37H31N3/c1-5-39-32-16-15-27(37(2,3)4)21-29(32)30-22-28-26(20-34(30)39)19-33(23-11-7-6-8-12-23)40-35-18-25-14-10-9-13-24(25)17-31(35)38-36(28)40/h6-22H,5H2,1-4H3. The van der Waals surface area contributed by atoms with Crippen LogP contribution in [-0.2, 0) is 12.0 Å². The highest BCUT2D eigenvalue weighted by molar-refractivity contribution is 6.16. The van der Waals surface area contributed by atoms with Crippen molar-refractivity contribution in [3.8, 4) is 11.3 Å². The third-order valence-electron chi connectivity index (χ3n) is 8.58. The molecule has 0 saturated carbocycles. The summed E-state index contributed by atoms with van der Waals surface area (Å²) < 4.78 is 4.82. The Labute approximate surface area is 233 Å². The number of nitrogens with zero attached hydrogens (tertiary/aromatic N) is 3. The van der Waals surface area contributed by atoms with Crippen molar-refractivity contribution in [3.05, 3.63) is 109 Å². The van der Waals surface area contributed by atoms with Gasteiger partial charge < -0.3 is 4.57 Å². The number of benzene rings is 5. The quantitative estimate of drug-likeness (QED) is 0.224. The lowest BCUT2D eigenvalue weighted by Crippen LogP contribution is -2.10. The first-order valence-corrected chi connectivity index (χ1v) is 14.2. The summed E-state index contributed by atoms with van der Waals surface area (Å²) in [5.41, 5.74) is 9.54. The molecule has 0 unspecified atom stereocenters. The lowest BCUT2D eigenvalue weighted by molar-refractivity contribution is 0.591. The van der Waals surface area contributed by atoms with Crippen LogP contribution in [0.5, 0.6) is 0 Å². The Hall–Kier alpha value is -4.63. The second-order valence-corrected chi connectivity index (χ2v) is 12.0. The maximum absolute atomic E-state index is 5.31. The average Bonchev–Trinajstić information content (AvgIpc) is 3.49. The number of fused-ring (bicyclic) bond motifs is 9. The molecule has 0 aliphatic rings. The maximum atomic E-state index is 5.31. The second-order valence-electron chi connectivity index (χ2n) is 12.0. The van der Waals surface area contributed by atoms with Crippen LogP contribution in [0.3, 0.4) is 0 Å². The van der Waals surface area contributed by atoms with Gasteiger partial charge in [0.1, 0.15) is 5.65 Å². The molecule has 0 aliphatic carbocycles. The van der Waals surface area contributed by atoms with Crippen molar-refractivity contribution in [3.63, 3.8) is 0 Å². The molecule has 0 aliphatic heterocycles. The summed E-state index contributed by atoms with van der Waals surface area (Å²) >= 11 is 0. The topological polar surface area (TPSA) is 22.2 Å². The number of hydrogen-bond donors (Lipinski definition) is 0. The van der Waals surface area contributed by atoms with Gasteiger partial charge in [0, 0.05) is 33.7 Å². The van der Waals surface area contributed by atoms with Crippen molar-refractivity contribution in [1.29, 1.82) is 0 Å². The highest BCUT2D eigenvalue weighted by atomic mass is 15.0. The number of hydrogen-bond acceptors (Lipinski definition) is 1. The Kier molecular flexibility index (Phi) is 4.76. The van der Waals surface area contributed by atoms with E-state index in [1.807, 2.05) is 0 Å². The smallest absolute Gasteiger partial charge is 0.146 e. The third kappa shape index (κ3) is 3.27. The van der Waals surface area contributed by atoms with Gasteiger partial charge in [0.15, 0.2) is 0 Å². The maximum Gasteiger partial charge on any atom is 0.146 e. The van der Waals surface area contributed by atoms with E-state index in [9.17, 15) is 0 Å². The van der Waals surface area contributed by atoms with Gasteiger partial charge in [0.2, 0.25) is 0 Å². The van der Waals surface area contributed by atoms with Crippen molar-refractivity contribution < 1.29 is 0 Å². The van der Waals surface area contributed by atoms with Crippen LogP contribution in [0.15, 0.2) is 103 Å². The zero-order valence-electron chi connectivity index (χ0n) is 23.4. The predicted molar refractivity (Wildman–Crippen MR) is 171 cm³/mol. The fourth-order valence-electron chi connectivity index (χ4n) is 6.50. The monoisotopic (exact) mass is 517 g/mol. The van der Waals surface area contributed by atoms with Crippen molar-refractivity contribution in [2.75, 3.05) is 0 Å². The number of aryl methyl sites for hydroxylation is 1. The number of rotatable bonds is 2. The summed E-state index contributed by atoms with van der Waals surface area (Å²) in [6.45, 7) is 10.0. The molecule has 0 N–H and O–H groups in total. The molecule has 0 spiro atoms. The van der Waals surface area contributed by atoms with Crippen LogP contribution in [0.25, 0.3) is 71.3 Å². The molecule has 8 aromatic rings. The molecular weight excluding hydrogens is 486 g/mol. The van der Waals surface area contributed by atoms with E-state index in [0.717, 1.165) is 28.9 Å². The van der Waals surface area contributed by atoms with Crippen LogP contribution in [0, 0.1) is 0 Å². The summed E-state index contributed by atoms with van der Waals surface area (Å²) in [5, 5.41) is 7.45. The Bertz CT molecular complexity index is 2280. The lowest BCUT2D eigenvalue weighted by Gasteiger charge is -2.19. The molecule has 3 heterocycles. The summed E-state index contributed by atoms with van der Waals surface area (Å²) in [7, 11) is 0. The van der Waals surface area contributed by atoms with E-state index in [4.69, 9.17) is 4.98 Å². The summed E-state index contributed by atoms with van der Waals surface area (Å²) in [6, 6.07) is 37.9. The van der Waals surface area contributed by atoms with E-state index >= 15 is 0 Å². The van der Waals surface area contributed by atoms with Crippen LogP contribution < -0.4 is 0 Å². The van der Waals surface area contributed by atoms with Gasteiger partial charge in [-0.05, 0) is 82.1 Å². The van der Waals surface area contributed by atoms with Gasteiger partial charge in [0.05, 0.1) is 16.7 Å². The first kappa shape index (κ1) is 23.3. The Morgan fingerprint density at radius 2 is 1.32 bits per heavy atom. The van der Waals surface area contributed by atoms with Crippen LogP contribution in [0.4, 0.5) is 0 Å². The summed E-state index contributed by atoms with van der Waals surface area (Å²) in [4.78, 5) is 5.31. The van der Waals surface area contributed by atoms with Crippen molar-refractivity contribution in [2.24, 2.45) is 0 Å². The Morgan fingerprint density at radius 3 is 2.08 bits per heavy atom. The Balaban J connectivity index is 1.56. The first-order valence-electron chi connectivity index (χ1n) is 14.2. The molecule has 3 aromatic heterocycles. The Morgan fingerprint density at radius 1 is 0.625 bits per heavy atom. The van der Waals surface area contributed by atoms with Crippen LogP contribution in [0.1, 0.15) is 33.3 Å². The van der Waals surface area contributed by atoms with Gasteiger partial charge in [0.25, 0.3) is 0 Å². The van der Waals surface area contributed by atoms with Gasteiger partial charge in [-0.25, -0.2) is 4.98 Å². The van der Waals surface area contributed by atoms with Crippen LogP contribution in [-0.4, -0.2) is 14.0 Å². The third-order valence-corrected chi connectivity index (χ3v) is 8.58. The normalized spacial score (nSPS) is 12.6. The number of aromatic nitrogens is 3. The van der Waals surface area contributed by atoms with Crippen LogP contribution >= 0.6 is 0 Å². The van der Waals surface area contributed by atoms with E-state index in [1.54, 1.807) is 0 Å². The highest BCUT2D eigenvalue weighted by Crippen LogP contribution is 2.39. The summed E-state index contributed by atoms with van der Waals surface area (Å²) in [5.74, 6) is 0. The first-order chi connectivity index (χ1) is 19.4. The fourth-order valence-corrected chi connectivity index (χ4v) is 6.50. The number of pyridine rings is 1. The van der Waals surface area contributed by atoms with E-state index in [2.05, 4.69) is 140 Å². The predicted octanol–water partition coefficient (Wildman–Crippen LogP) is 9.89. The molecule has 0 bridgehead atoms. The molecule has 0 atom stereocenters. The van der Waals surface area contributed by atoms with Gasteiger partial charge in [-0.3, -0.25) is 4.40 Å². The minimum absolute atomic E-state index is 0.0896. The van der Waals surface area contributed by atoms with E-state index in [-0.39, 0.29) is 5.41 Å². The molecule has 3 nitrogen and oxygen atoms in total. The fraction of sp³-hybridized carbons (Fsp3) is 0.162. The van der Waals surface area contributed by atoms with Crippen molar-refractivity contribution in [2.45, 2.75) is 39.7 Å². The largest absolute Gasteiger partial charge is 0.341 e. The van der Waals surface area contributed by atoms with Gasteiger partial charge in [-0.15, -0.1) is 0 Å². The van der Waals surface area contributed by atoms with Gasteiger partial charge in [-0.2, -0.15) is 0 Å². The van der Waals surface area contributed by atoms with Crippen molar-refractivity contribution in [1.82, 2.24) is 14.0 Å². The molecule has 0 fully saturated rings. The molecule has 5 aromatic carbocycles. The molecule has 8 rings (SSSR count). The average molecular weight is 518 g/mol. The van der Waals surface area contributed by atoms with Crippen molar-refractivity contribution >= 4 is 60.0 Å². The molecule has 0 saturated heterocycles. The SMILES string of the molecule is CCn1c2ccc(C(C)(C)C)cc2c2cc3c(cc(-c4ccccc4)n4c5cc6ccccc6cc5nc34)cc21. The van der Waals surface area contributed by atoms with Gasteiger partial charge >= 0.3 is 0 Å². The second kappa shape index (κ2) is 8.19. The lowest BCUT2D eigenvalue weighted by atomic mass is 9.86. The minimum atomic E-state index is 0.0896. The minimum Gasteiger partial charge on any atom is -0.341 e.